The molecule has 0 unspecified atom stereocenters. The van der Waals surface area contributed by atoms with Gasteiger partial charge in [-0.15, -0.1) is 0 Å². The number of rotatable bonds is 1. The maximum atomic E-state index is 11.8. The van der Waals surface area contributed by atoms with Crippen molar-refractivity contribution in [2.24, 2.45) is 0 Å². The predicted molar refractivity (Wildman–Crippen MR) is 69.6 cm³/mol. The van der Waals surface area contributed by atoms with Crippen LogP contribution >= 0.6 is 0 Å². The highest BCUT2D eigenvalue weighted by molar-refractivity contribution is 5.74. The second-order valence-electron chi connectivity index (χ2n) is 4.52. The summed E-state index contributed by atoms with van der Waals surface area (Å²) in [6.07, 6.45) is 3.06. The van der Waals surface area contributed by atoms with Gasteiger partial charge in [-0.2, -0.15) is 5.26 Å². The van der Waals surface area contributed by atoms with Crippen LogP contribution in [0.15, 0.2) is 12.4 Å². The van der Waals surface area contributed by atoms with E-state index >= 15 is 0 Å². The summed E-state index contributed by atoms with van der Waals surface area (Å²) in [6, 6.07) is 1.97. The van der Waals surface area contributed by atoms with Crippen molar-refractivity contribution in [1.29, 1.82) is 5.26 Å². The van der Waals surface area contributed by atoms with Crippen LogP contribution in [0.4, 0.5) is 10.6 Å². The van der Waals surface area contributed by atoms with Crippen LogP contribution in [0, 0.1) is 11.3 Å². The van der Waals surface area contributed by atoms with Crippen molar-refractivity contribution in [2.45, 2.75) is 0 Å². The number of anilines is 1. The van der Waals surface area contributed by atoms with Crippen LogP contribution in [0.3, 0.4) is 0 Å². The Labute approximate surface area is 112 Å². The summed E-state index contributed by atoms with van der Waals surface area (Å²) in [5.41, 5.74) is 0.310. The number of nitriles is 1. The fourth-order valence-electron chi connectivity index (χ4n) is 1.95. The zero-order valence-electron chi connectivity index (χ0n) is 11.1. The first kappa shape index (κ1) is 13.1. The summed E-state index contributed by atoms with van der Waals surface area (Å²) in [6.45, 7) is 2.78. The molecule has 0 radical (unpaired) electrons. The van der Waals surface area contributed by atoms with Crippen LogP contribution in [-0.4, -0.2) is 66.1 Å². The lowest BCUT2D eigenvalue weighted by Gasteiger charge is -2.36. The Morgan fingerprint density at radius 2 is 1.95 bits per heavy atom. The van der Waals surface area contributed by atoms with Crippen LogP contribution in [0.5, 0.6) is 0 Å². The molecule has 0 atom stereocenters. The lowest BCUT2D eigenvalue weighted by molar-refractivity contribution is 0.168. The largest absolute Gasteiger partial charge is 0.352 e. The van der Waals surface area contributed by atoms with E-state index in [1.54, 1.807) is 25.2 Å². The van der Waals surface area contributed by atoms with Gasteiger partial charge in [-0.3, -0.25) is 0 Å². The number of piperazine rings is 1. The van der Waals surface area contributed by atoms with E-state index in [9.17, 15) is 4.79 Å². The first-order valence-corrected chi connectivity index (χ1v) is 6.05. The van der Waals surface area contributed by atoms with E-state index in [0.717, 1.165) is 18.9 Å². The minimum atomic E-state index is 0.0329. The van der Waals surface area contributed by atoms with Crippen molar-refractivity contribution in [3.8, 4) is 6.07 Å². The van der Waals surface area contributed by atoms with Gasteiger partial charge in [0, 0.05) is 40.3 Å². The van der Waals surface area contributed by atoms with E-state index in [1.807, 2.05) is 11.0 Å². The van der Waals surface area contributed by atoms with Gasteiger partial charge in [0.05, 0.1) is 12.4 Å². The van der Waals surface area contributed by atoms with Gasteiger partial charge >= 0.3 is 6.03 Å². The maximum Gasteiger partial charge on any atom is 0.319 e. The maximum absolute atomic E-state index is 11.8. The monoisotopic (exact) mass is 260 g/mol. The molecule has 2 heterocycles. The third-order valence-electron chi connectivity index (χ3n) is 3.01. The van der Waals surface area contributed by atoms with E-state index in [4.69, 9.17) is 5.26 Å². The Morgan fingerprint density at radius 3 is 2.42 bits per heavy atom. The van der Waals surface area contributed by atoms with Crippen LogP contribution in [0.2, 0.25) is 0 Å². The van der Waals surface area contributed by atoms with Crippen molar-refractivity contribution >= 4 is 11.8 Å². The Morgan fingerprint density at radius 1 is 1.26 bits per heavy atom. The summed E-state index contributed by atoms with van der Waals surface area (Å²) < 4.78 is 0. The molecular weight excluding hydrogens is 244 g/mol. The molecule has 19 heavy (non-hydrogen) atoms. The summed E-state index contributed by atoms with van der Waals surface area (Å²) in [7, 11) is 3.50. The normalized spacial score (nSPS) is 15.0. The van der Waals surface area contributed by atoms with Gasteiger partial charge in [0.1, 0.15) is 11.9 Å². The van der Waals surface area contributed by atoms with E-state index < -0.39 is 0 Å². The molecule has 0 aliphatic carbocycles. The van der Waals surface area contributed by atoms with Crippen LogP contribution in [0.1, 0.15) is 5.69 Å². The molecule has 7 heteroatoms. The Bertz CT molecular complexity index is 484. The van der Waals surface area contributed by atoms with E-state index in [1.165, 1.54) is 6.20 Å². The summed E-state index contributed by atoms with van der Waals surface area (Å²) in [4.78, 5) is 25.5. The smallest absolute Gasteiger partial charge is 0.319 e. The zero-order valence-corrected chi connectivity index (χ0v) is 11.1. The highest BCUT2D eigenvalue weighted by Gasteiger charge is 2.22. The highest BCUT2D eigenvalue weighted by Crippen LogP contribution is 2.12. The van der Waals surface area contributed by atoms with Gasteiger partial charge < -0.3 is 14.7 Å². The Kier molecular flexibility index (Phi) is 3.80. The number of hydrogen-bond donors (Lipinski definition) is 0. The van der Waals surface area contributed by atoms with E-state index in [-0.39, 0.29) is 6.03 Å². The van der Waals surface area contributed by atoms with E-state index in [0.29, 0.717) is 18.8 Å². The molecule has 0 spiro atoms. The lowest BCUT2D eigenvalue weighted by atomic mass is 10.3. The number of carbonyl (C=O) groups is 1. The van der Waals surface area contributed by atoms with Gasteiger partial charge in [0.25, 0.3) is 0 Å². The third kappa shape index (κ3) is 2.91. The molecule has 1 aromatic heterocycles. The second kappa shape index (κ2) is 5.52. The number of urea groups is 1. The van der Waals surface area contributed by atoms with Crippen molar-refractivity contribution in [3.05, 3.63) is 18.1 Å². The van der Waals surface area contributed by atoms with Crippen molar-refractivity contribution in [1.82, 2.24) is 19.8 Å². The van der Waals surface area contributed by atoms with Crippen LogP contribution in [-0.2, 0) is 0 Å². The molecule has 0 aromatic carbocycles. The molecule has 0 N–H and O–H groups in total. The molecule has 7 nitrogen and oxygen atoms in total. The number of hydrogen-bond acceptors (Lipinski definition) is 5. The van der Waals surface area contributed by atoms with Crippen molar-refractivity contribution in [3.63, 3.8) is 0 Å². The molecule has 1 aliphatic rings. The third-order valence-corrected chi connectivity index (χ3v) is 3.01. The molecule has 2 rings (SSSR count). The fraction of sp³-hybridized carbons (Fsp3) is 0.500. The predicted octanol–water partition coefficient (Wildman–Crippen LogP) is 0.152. The van der Waals surface area contributed by atoms with Gasteiger partial charge in [0.15, 0.2) is 5.69 Å². The van der Waals surface area contributed by atoms with Gasteiger partial charge in [-0.1, -0.05) is 0 Å². The van der Waals surface area contributed by atoms with Gasteiger partial charge in [0.2, 0.25) is 0 Å². The summed E-state index contributed by atoms with van der Waals surface area (Å²) in [5, 5.41) is 8.67. The number of aromatic nitrogens is 2. The first-order valence-electron chi connectivity index (χ1n) is 6.05. The second-order valence-corrected chi connectivity index (χ2v) is 4.52. The highest BCUT2D eigenvalue weighted by atomic mass is 16.2. The van der Waals surface area contributed by atoms with Gasteiger partial charge in [-0.25, -0.2) is 14.8 Å². The summed E-state index contributed by atoms with van der Waals surface area (Å²) >= 11 is 0. The molecule has 1 aromatic rings. The molecule has 0 bridgehead atoms. The SMILES string of the molecule is CN(C)C(=O)N1CCN(c2cnc(C#N)cn2)CC1. The molecule has 1 aliphatic heterocycles. The number of carbonyl (C=O) groups excluding carboxylic acids is 1. The lowest BCUT2D eigenvalue weighted by Crippen LogP contribution is -2.51. The van der Waals surface area contributed by atoms with Crippen LogP contribution in [0.25, 0.3) is 0 Å². The zero-order chi connectivity index (χ0) is 13.8. The molecule has 100 valence electrons. The molecule has 2 amide bonds. The first-order chi connectivity index (χ1) is 9.11. The molecular formula is C12H16N6O. The minimum Gasteiger partial charge on any atom is -0.352 e. The van der Waals surface area contributed by atoms with Crippen LogP contribution < -0.4 is 4.90 Å². The number of nitrogens with zero attached hydrogens (tertiary/aromatic N) is 6. The average Bonchev–Trinajstić information content (AvgIpc) is 2.46. The topological polar surface area (TPSA) is 76.4 Å². The summed E-state index contributed by atoms with van der Waals surface area (Å²) in [5.74, 6) is 0.746. The number of amides is 2. The quantitative estimate of drug-likeness (QED) is 0.718. The average molecular weight is 260 g/mol. The molecule has 1 saturated heterocycles. The molecule has 0 saturated carbocycles. The van der Waals surface area contributed by atoms with Crippen molar-refractivity contribution < 1.29 is 4.79 Å². The fourth-order valence-corrected chi connectivity index (χ4v) is 1.95. The van der Waals surface area contributed by atoms with E-state index in [2.05, 4.69) is 14.9 Å². The Balaban J connectivity index is 1.96. The Hall–Kier alpha value is -2.36. The van der Waals surface area contributed by atoms with Crippen molar-refractivity contribution in [2.75, 3.05) is 45.2 Å². The standard InChI is InChI=1S/C12H16N6O/c1-16(2)12(19)18-5-3-17(4-6-18)11-9-14-10(7-13)8-15-11/h8-9H,3-6H2,1-2H3. The minimum absolute atomic E-state index is 0.0329. The van der Waals surface area contributed by atoms with Gasteiger partial charge in [-0.05, 0) is 0 Å². The molecule has 1 fully saturated rings.